The number of hydrogen-bond donors (Lipinski definition) is 1. The Morgan fingerprint density at radius 2 is 2.17 bits per heavy atom. The van der Waals surface area contributed by atoms with Crippen LogP contribution < -0.4 is 10.2 Å². The molecule has 1 aliphatic heterocycles. The van der Waals surface area contributed by atoms with Crippen molar-refractivity contribution in [2.24, 2.45) is 0 Å². The van der Waals surface area contributed by atoms with Crippen LogP contribution in [0.1, 0.15) is 18.9 Å². The second kappa shape index (κ2) is 5.10. The fourth-order valence-electron chi connectivity index (χ4n) is 2.08. The maximum Gasteiger partial charge on any atom is 0.250 e. The Morgan fingerprint density at radius 1 is 1.44 bits per heavy atom. The number of rotatable bonds is 2. The lowest BCUT2D eigenvalue weighted by molar-refractivity contribution is -0.131. The summed E-state index contributed by atoms with van der Waals surface area (Å²) in [7, 11) is 0. The SMILES string of the molecule is CCC1NC(=O)CN(c2cccc(Br)c2C)C1=O. The molecule has 1 aromatic rings. The molecule has 1 saturated heterocycles. The fraction of sp³-hybridized carbons (Fsp3) is 0.385. The maximum atomic E-state index is 12.3. The van der Waals surface area contributed by atoms with Gasteiger partial charge in [0, 0.05) is 10.2 Å². The van der Waals surface area contributed by atoms with Gasteiger partial charge in [-0.3, -0.25) is 9.59 Å². The minimum atomic E-state index is -0.412. The second-order valence-electron chi connectivity index (χ2n) is 4.34. The average molecular weight is 311 g/mol. The normalized spacial score (nSPS) is 19.9. The molecule has 2 rings (SSSR count). The second-order valence-corrected chi connectivity index (χ2v) is 5.19. The predicted octanol–water partition coefficient (Wildman–Crippen LogP) is 2.00. The molecule has 1 heterocycles. The number of carbonyl (C=O) groups is 2. The molecule has 1 atom stereocenters. The van der Waals surface area contributed by atoms with E-state index < -0.39 is 6.04 Å². The van der Waals surface area contributed by atoms with Crippen LogP contribution in [0.3, 0.4) is 0 Å². The minimum Gasteiger partial charge on any atom is -0.343 e. The van der Waals surface area contributed by atoms with Gasteiger partial charge in [0.25, 0.3) is 0 Å². The molecule has 5 heteroatoms. The lowest BCUT2D eigenvalue weighted by atomic mass is 10.1. The summed E-state index contributed by atoms with van der Waals surface area (Å²) in [5.41, 5.74) is 1.76. The molecule has 0 aromatic heterocycles. The number of nitrogens with one attached hydrogen (secondary N) is 1. The molecule has 0 bridgehead atoms. The lowest BCUT2D eigenvalue weighted by Gasteiger charge is -2.33. The van der Waals surface area contributed by atoms with Crippen LogP contribution in [0.15, 0.2) is 22.7 Å². The summed E-state index contributed by atoms with van der Waals surface area (Å²) in [5, 5.41) is 2.71. The molecule has 18 heavy (non-hydrogen) atoms. The van der Waals surface area contributed by atoms with Crippen molar-refractivity contribution in [3.05, 3.63) is 28.2 Å². The number of carbonyl (C=O) groups excluding carboxylic acids is 2. The van der Waals surface area contributed by atoms with Crippen LogP contribution in [0.2, 0.25) is 0 Å². The molecule has 0 saturated carbocycles. The van der Waals surface area contributed by atoms with Crippen molar-refractivity contribution in [2.45, 2.75) is 26.3 Å². The summed E-state index contributed by atoms with van der Waals surface area (Å²) in [6, 6.07) is 5.24. The van der Waals surface area contributed by atoms with E-state index >= 15 is 0 Å². The van der Waals surface area contributed by atoms with Crippen molar-refractivity contribution in [1.29, 1.82) is 0 Å². The first kappa shape index (κ1) is 13.1. The summed E-state index contributed by atoms with van der Waals surface area (Å²) in [6.45, 7) is 3.91. The highest BCUT2D eigenvalue weighted by Crippen LogP contribution is 2.28. The Labute approximate surface area is 114 Å². The molecule has 0 aliphatic carbocycles. The van der Waals surface area contributed by atoms with Crippen LogP contribution in [-0.2, 0) is 9.59 Å². The quantitative estimate of drug-likeness (QED) is 0.908. The first-order valence-corrected chi connectivity index (χ1v) is 6.69. The third-order valence-electron chi connectivity index (χ3n) is 3.14. The van der Waals surface area contributed by atoms with Crippen LogP contribution in [0.5, 0.6) is 0 Å². The molecule has 2 amide bonds. The van der Waals surface area contributed by atoms with Crippen LogP contribution in [0.4, 0.5) is 5.69 Å². The van der Waals surface area contributed by atoms with Crippen LogP contribution >= 0.6 is 15.9 Å². The zero-order valence-corrected chi connectivity index (χ0v) is 12.0. The predicted molar refractivity (Wildman–Crippen MR) is 73.5 cm³/mol. The first-order chi connectivity index (χ1) is 8.54. The van der Waals surface area contributed by atoms with Crippen molar-refractivity contribution in [3.63, 3.8) is 0 Å². The number of piperazine rings is 1. The summed E-state index contributed by atoms with van der Waals surface area (Å²) in [4.78, 5) is 25.5. The number of amides is 2. The van der Waals surface area contributed by atoms with Gasteiger partial charge in [0.2, 0.25) is 11.8 Å². The molecule has 1 N–H and O–H groups in total. The number of hydrogen-bond acceptors (Lipinski definition) is 2. The van der Waals surface area contributed by atoms with E-state index in [9.17, 15) is 9.59 Å². The van der Waals surface area contributed by atoms with Crippen molar-refractivity contribution in [2.75, 3.05) is 11.4 Å². The molecule has 0 radical (unpaired) electrons. The van der Waals surface area contributed by atoms with Crippen LogP contribution in [0.25, 0.3) is 0 Å². The van der Waals surface area contributed by atoms with E-state index in [1.165, 1.54) is 0 Å². The van der Waals surface area contributed by atoms with Crippen molar-refractivity contribution >= 4 is 33.4 Å². The van der Waals surface area contributed by atoms with Gasteiger partial charge in [-0.1, -0.05) is 28.9 Å². The van der Waals surface area contributed by atoms with Crippen molar-refractivity contribution in [3.8, 4) is 0 Å². The third-order valence-corrected chi connectivity index (χ3v) is 4.00. The molecule has 1 unspecified atom stereocenters. The summed E-state index contributed by atoms with van der Waals surface area (Å²) < 4.78 is 0.937. The smallest absolute Gasteiger partial charge is 0.250 e. The van der Waals surface area contributed by atoms with Gasteiger partial charge < -0.3 is 10.2 Å². The van der Waals surface area contributed by atoms with E-state index in [4.69, 9.17) is 0 Å². The van der Waals surface area contributed by atoms with E-state index in [0.29, 0.717) is 6.42 Å². The largest absolute Gasteiger partial charge is 0.343 e. The molecular weight excluding hydrogens is 296 g/mol. The molecule has 1 fully saturated rings. The number of halogens is 1. The highest BCUT2D eigenvalue weighted by atomic mass is 79.9. The van der Waals surface area contributed by atoms with E-state index in [1.807, 2.05) is 32.0 Å². The fourth-order valence-corrected chi connectivity index (χ4v) is 2.44. The van der Waals surface area contributed by atoms with E-state index in [0.717, 1.165) is 15.7 Å². The first-order valence-electron chi connectivity index (χ1n) is 5.90. The van der Waals surface area contributed by atoms with Gasteiger partial charge in [-0.15, -0.1) is 0 Å². The summed E-state index contributed by atoms with van der Waals surface area (Å²) in [6.07, 6.45) is 0.605. The van der Waals surface area contributed by atoms with Gasteiger partial charge in [0.05, 0.1) is 0 Å². The average Bonchev–Trinajstić information content (AvgIpc) is 2.35. The highest BCUT2D eigenvalue weighted by Gasteiger charge is 2.32. The standard InChI is InChI=1S/C13H15BrN2O2/c1-3-10-13(18)16(7-12(17)15-10)11-6-4-5-9(14)8(11)2/h4-6,10H,3,7H2,1-2H3,(H,15,17). The Balaban J connectivity index is 2.39. The molecule has 0 spiro atoms. The van der Waals surface area contributed by atoms with Gasteiger partial charge in [-0.2, -0.15) is 0 Å². The van der Waals surface area contributed by atoms with Crippen molar-refractivity contribution in [1.82, 2.24) is 5.32 Å². The van der Waals surface area contributed by atoms with Gasteiger partial charge in [0.1, 0.15) is 12.6 Å². The molecular formula is C13H15BrN2O2. The van der Waals surface area contributed by atoms with Crippen molar-refractivity contribution < 1.29 is 9.59 Å². The number of nitrogens with zero attached hydrogens (tertiary/aromatic N) is 1. The Kier molecular flexibility index (Phi) is 3.71. The van der Waals surface area contributed by atoms with E-state index in [2.05, 4.69) is 21.2 Å². The maximum absolute atomic E-state index is 12.3. The third kappa shape index (κ3) is 2.27. The molecule has 4 nitrogen and oxygen atoms in total. The van der Waals surface area contributed by atoms with E-state index in [1.54, 1.807) is 4.90 Å². The Hall–Kier alpha value is -1.36. The van der Waals surface area contributed by atoms with Gasteiger partial charge in [-0.05, 0) is 31.0 Å². The molecule has 1 aliphatic rings. The minimum absolute atomic E-state index is 0.0432. The monoisotopic (exact) mass is 310 g/mol. The zero-order chi connectivity index (χ0) is 13.3. The molecule has 1 aromatic carbocycles. The highest BCUT2D eigenvalue weighted by molar-refractivity contribution is 9.10. The number of anilines is 1. The van der Waals surface area contributed by atoms with E-state index in [-0.39, 0.29) is 18.4 Å². The Bertz CT molecular complexity index is 502. The number of benzene rings is 1. The van der Waals surface area contributed by atoms with Gasteiger partial charge in [0.15, 0.2) is 0 Å². The Morgan fingerprint density at radius 3 is 2.83 bits per heavy atom. The summed E-state index contributed by atoms with van der Waals surface area (Å²) in [5.74, 6) is -0.154. The lowest BCUT2D eigenvalue weighted by Crippen LogP contribution is -2.58. The molecule has 96 valence electrons. The summed E-state index contributed by atoms with van der Waals surface area (Å²) >= 11 is 3.44. The topological polar surface area (TPSA) is 49.4 Å². The van der Waals surface area contributed by atoms with Gasteiger partial charge in [-0.25, -0.2) is 0 Å². The van der Waals surface area contributed by atoms with Crippen LogP contribution in [-0.4, -0.2) is 24.4 Å². The van der Waals surface area contributed by atoms with Crippen LogP contribution in [0, 0.1) is 6.92 Å². The zero-order valence-electron chi connectivity index (χ0n) is 10.4. The van der Waals surface area contributed by atoms with Gasteiger partial charge >= 0.3 is 0 Å².